The molecule has 3 fully saturated rings. The number of rotatable bonds is 4. The second-order valence-electron chi connectivity index (χ2n) is 7.43. The maximum Gasteiger partial charge on any atom is 0.323 e. The van der Waals surface area contributed by atoms with Crippen LogP contribution in [0.5, 0.6) is 0 Å². The summed E-state index contributed by atoms with van der Waals surface area (Å²) in [6, 6.07) is 0. The molecule has 0 aromatic rings. The van der Waals surface area contributed by atoms with Crippen LogP contribution in [-0.4, -0.2) is 84.7 Å². The van der Waals surface area contributed by atoms with Crippen molar-refractivity contribution in [3.8, 4) is 0 Å². The van der Waals surface area contributed by atoms with Crippen LogP contribution in [0, 0.1) is 5.41 Å². The first-order chi connectivity index (χ1) is 12.0. The molecule has 1 spiro atoms. The molecule has 8 heteroatoms. The predicted molar refractivity (Wildman–Crippen MR) is 88.9 cm³/mol. The number of nitrogens with zero attached hydrogens (tertiary/aromatic N) is 2. The third-order valence-electron chi connectivity index (χ3n) is 5.66. The van der Waals surface area contributed by atoms with Gasteiger partial charge in [0.1, 0.15) is 6.54 Å². The van der Waals surface area contributed by atoms with Gasteiger partial charge in [0.05, 0.1) is 19.1 Å². The third kappa shape index (κ3) is 4.49. The predicted octanol–water partition coefficient (Wildman–Crippen LogP) is -0.319. The Morgan fingerprint density at radius 1 is 1.28 bits per heavy atom. The number of nitrogens with one attached hydrogen (secondary N) is 1. The number of aliphatic carboxylic acids is 1. The van der Waals surface area contributed by atoms with E-state index in [1.54, 1.807) is 0 Å². The first kappa shape index (κ1) is 18.1. The van der Waals surface area contributed by atoms with E-state index in [9.17, 15) is 14.4 Å². The molecule has 2 amide bonds. The molecule has 3 heterocycles. The summed E-state index contributed by atoms with van der Waals surface area (Å²) in [4.78, 5) is 38.7. The second kappa shape index (κ2) is 7.70. The minimum absolute atomic E-state index is 0.0387. The van der Waals surface area contributed by atoms with Crippen LogP contribution in [0.1, 0.15) is 32.1 Å². The van der Waals surface area contributed by atoms with E-state index < -0.39 is 5.97 Å². The van der Waals surface area contributed by atoms with Gasteiger partial charge in [-0.1, -0.05) is 0 Å². The van der Waals surface area contributed by atoms with E-state index in [-0.39, 0.29) is 29.9 Å². The van der Waals surface area contributed by atoms with E-state index in [1.165, 1.54) is 4.90 Å². The van der Waals surface area contributed by atoms with E-state index in [0.29, 0.717) is 39.1 Å². The molecule has 0 aromatic carbocycles. The number of morpholine rings is 1. The fourth-order valence-corrected chi connectivity index (χ4v) is 4.12. The number of carboxylic acids is 1. The van der Waals surface area contributed by atoms with Crippen LogP contribution < -0.4 is 5.32 Å². The van der Waals surface area contributed by atoms with Gasteiger partial charge in [-0.15, -0.1) is 0 Å². The van der Waals surface area contributed by atoms with Crippen LogP contribution in [0.25, 0.3) is 0 Å². The molecule has 0 saturated carbocycles. The molecule has 0 aromatic heterocycles. The van der Waals surface area contributed by atoms with Crippen molar-refractivity contribution in [3.05, 3.63) is 0 Å². The highest BCUT2D eigenvalue weighted by atomic mass is 16.5. The van der Waals surface area contributed by atoms with Crippen LogP contribution in [0.4, 0.5) is 0 Å². The normalized spacial score (nSPS) is 26.7. The SMILES string of the molecule is O=C(O)CN1CC2(CCC1=O)CCN(C(=O)C[C@H]1CNCCO1)CC2. The van der Waals surface area contributed by atoms with Gasteiger partial charge in [-0.2, -0.15) is 0 Å². The van der Waals surface area contributed by atoms with Crippen LogP contribution in [0.15, 0.2) is 0 Å². The van der Waals surface area contributed by atoms with Crippen LogP contribution in [-0.2, 0) is 19.1 Å². The van der Waals surface area contributed by atoms with Gasteiger partial charge in [0.2, 0.25) is 11.8 Å². The summed E-state index contributed by atoms with van der Waals surface area (Å²) >= 11 is 0. The maximum atomic E-state index is 12.5. The van der Waals surface area contributed by atoms with Crippen molar-refractivity contribution < 1.29 is 24.2 Å². The quantitative estimate of drug-likeness (QED) is 0.719. The fourth-order valence-electron chi connectivity index (χ4n) is 4.12. The molecule has 0 bridgehead atoms. The van der Waals surface area contributed by atoms with Gasteiger partial charge in [0.15, 0.2) is 0 Å². The Kier molecular flexibility index (Phi) is 5.58. The number of amides is 2. The molecule has 3 saturated heterocycles. The zero-order valence-corrected chi connectivity index (χ0v) is 14.5. The largest absolute Gasteiger partial charge is 0.480 e. The molecule has 140 valence electrons. The monoisotopic (exact) mass is 353 g/mol. The smallest absolute Gasteiger partial charge is 0.323 e. The molecule has 0 unspecified atom stereocenters. The second-order valence-corrected chi connectivity index (χ2v) is 7.43. The van der Waals surface area contributed by atoms with Gasteiger partial charge >= 0.3 is 5.97 Å². The standard InChI is InChI=1S/C17H27N3O5/c21-14-1-2-17(12-20(14)11-16(23)24)3-6-19(7-4-17)15(22)9-13-10-18-5-8-25-13/h13,18H,1-12H2,(H,23,24)/t13-/m0/s1. The van der Waals surface area contributed by atoms with Gasteiger partial charge < -0.3 is 25.0 Å². The van der Waals surface area contributed by atoms with Crippen molar-refractivity contribution in [2.24, 2.45) is 5.41 Å². The van der Waals surface area contributed by atoms with Crippen LogP contribution >= 0.6 is 0 Å². The minimum atomic E-state index is -0.973. The van der Waals surface area contributed by atoms with Crippen molar-refractivity contribution in [3.63, 3.8) is 0 Å². The topological polar surface area (TPSA) is 99.2 Å². The van der Waals surface area contributed by atoms with Crippen molar-refractivity contribution >= 4 is 17.8 Å². The number of carbonyl (C=O) groups is 3. The summed E-state index contributed by atoms with van der Waals surface area (Å²) in [5.74, 6) is -0.926. The number of likely N-dealkylation sites (tertiary alicyclic amines) is 2. The molecule has 8 nitrogen and oxygen atoms in total. The number of hydrogen-bond donors (Lipinski definition) is 2. The summed E-state index contributed by atoms with van der Waals surface area (Å²) in [5, 5.41) is 12.2. The van der Waals surface area contributed by atoms with E-state index in [4.69, 9.17) is 9.84 Å². The van der Waals surface area contributed by atoms with Crippen molar-refractivity contribution in [2.45, 2.75) is 38.2 Å². The molecule has 25 heavy (non-hydrogen) atoms. The average Bonchev–Trinajstić information content (AvgIpc) is 2.59. The highest BCUT2D eigenvalue weighted by molar-refractivity contribution is 5.82. The molecular formula is C17H27N3O5. The average molecular weight is 353 g/mol. The van der Waals surface area contributed by atoms with Crippen molar-refractivity contribution in [1.29, 1.82) is 0 Å². The Morgan fingerprint density at radius 2 is 2.04 bits per heavy atom. The zero-order valence-electron chi connectivity index (χ0n) is 14.5. The lowest BCUT2D eigenvalue weighted by atomic mass is 9.72. The van der Waals surface area contributed by atoms with E-state index in [0.717, 1.165) is 32.4 Å². The fraction of sp³-hybridized carbons (Fsp3) is 0.824. The van der Waals surface area contributed by atoms with Crippen LogP contribution in [0.3, 0.4) is 0 Å². The van der Waals surface area contributed by atoms with Gasteiger partial charge in [-0.25, -0.2) is 0 Å². The zero-order chi connectivity index (χ0) is 17.9. The molecule has 3 aliphatic heterocycles. The number of hydrogen-bond acceptors (Lipinski definition) is 5. The molecule has 2 N–H and O–H groups in total. The molecule has 0 aliphatic carbocycles. The third-order valence-corrected chi connectivity index (χ3v) is 5.66. The summed E-state index contributed by atoms with van der Waals surface area (Å²) in [6.07, 6.45) is 3.21. The lowest BCUT2D eigenvalue weighted by Gasteiger charge is -2.47. The Hall–Kier alpha value is -1.67. The highest BCUT2D eigenvalue weighted by Crippen LogP contribution is 2.40. The first-order valence-corrected chi connectivity index (χ1v) is 9.07. The Bertz CT molecular complexity index is 524. The van der Waals surface area contributed by atoms with Gasteiger partial charge in [0, 0.05) is 39.1 Å². The highest BCUT2D eigenvalue weighted by Gasteiger charge is 2.42. The number of carbonyl (C=O) groups excluding carboxylic acids is 2. The maximum absolute atomic E-state index is 12.5. The summed E-state index contributed by atoms with van der Waals surface area (Å²) in [6.45, 7) is 3.82. The van der Waals surface area contributed by atoms with E-state index in [2.05, 4.69) is 5.32 Å². The lowest BCUT2D eigenvalue weighted by Crippen LogP contribution is -2.53. The summed E-state index contributed by atoms with van der Waals surface area (Å²) < 4.78 is 5.60. The van der Waals surface area contributed by atoms with Crippen LogP contribution in [0.2, 0.25) is 0 Å². The molecule has 0 radical (unpaired) electrons. The molecule has 1 atom stereocenters. The Morgan fingerprint density at radius 3 is 2.68 bits per heavy atom. The minimum Gasteiger partial charge on any atom is -0.480 e. The Labute approximate surface area is 147 Å². The lowest BCUT2D eigenvalue weighted by molar-refractivity contribution is -0.150. The summed E-state index contributed by atoms with van der Waals surface area (Å²) in [7, 11) is 0. The summed E-state index contributed by atoms with van der Waals surface area (Å²) in [5.41, 5.74) is -0.0387. The van der Waals surface area contributed by atoms with Gasteiger partial charge in [-0.05, 0) is 24.7 Å². The Balaban J connectivity index is 1.51. The number of piperidine rings is 2. The van der Waals surface area contributed by atoms with E-state index in [1.807, 2.05) is 4.90 Å². The van der Waals surface area contributed by atoms with Crippen molar-refractivity contribution in [1.82, 2.24) is 15.1 Å². The molecule has 3 aliphatic rings. The molecular weight excluding hydrogens is 326 g/mol. The molecule has 3 rings (SSSR count). The van der Waals surface area contributed by atoms with Gasteiger partial charge in [0.25, 0.3) is 0 Å². The first-order valence-electron chi connectivity index (χ1n) is 9.07. The number of carboxylic acid groups (broad SMARTS) is 1. The van der Waals surface area contributed by atoms with E-state index >= 15 is 0 Å². The van der Waals surface area contributed by atoms with Crippen molar-refractivity contribution in [2.75, 3.05) is 45.9 Å². The number of ether oxygens (including phenoxy) is 1. The van der Waals surface area contributed by atoms with Gasteiger partial charge in [-0.3, -0.25) is 14.4 Å².